The number of nitrogens with one attached hydrogen (secondary N) is 1. The molecule has 1 atom stereocenters. The van der Waals surface area contributed by atoms with Crippen molar-refractivity contribution in [3.8, 4) is 11.1 Å². The Morgan fingerprint density at radius 2 is 2.06 bits per heavy atom. The van der Waals surface area contributed by atoms with Crippen LogP contribution in [-0.4, -0.2) is 11.9 Å². The van der Waals surface area contributed by atoms with E-state index in [4.69, 9.17) is 5.73 Å². The summed E-state index contributed by atoms with van der Waals surface area (Å²) in [7, 11) is 0. The van der Waals surface area contributed by atoms with E-state index < -0.39 is 0 Å². The second-order valence-electron chi connectivity index (χ2n) is 4.17. The smallest absolute Gasteiger partial charge is 0.234 e. The number of primary amides is 1. The first-order valence-electron chi connectivity index (χ1n) is 5.82. The van der Waals surface area contributed by atoms with Crippen LogP contribution in [0.15, 0.2) is 41.8 Å². The molecule has 2 rings (SSSR count). The Morgan fingerprint density at radius 1 is 1.33 bits per heavy atom. The normalized spacial score (nSPS) is 12.3. The highest BCUT2D eigenvalue weighted by atomic mass is 32.1. The topological polar surface area (TPSA) is 55.1 Å². The van der Waals surface area contributed by atoms with Crippen molar-refractivity contribution < 1.29 is 4.79 Å². The lowest BCUT2D eigenvalue weighted by molar-refractivity contribution is -0.119. The summed E-state index contributed by atoms with van der Waals surface area (Å²) in [5.41, 5.74) is 7.62. The number of amides is 1. The van der Waals surface area contributed by atoms with Crippen molar-refractivity contribution in [2.45, 2.75) is 19.5 Å². The number of rotatable bonds is 5. The fourth-order valence-corrected chi connectivity index (χ4v) is 2.45. The van der Waals surface area contributed by atoms with Gasteiger partial charge in [-0.1, -0.05) is 30.3 Å². The Balaban J connectivity index is 2.01. The van der Waals surface area contributed by atoms with Crippen LogP contribution in [0, 0.1) is 0 Å². The number of hydrogen-bond acceptors (Lipinski definition) is 3. The van der Waals surface area contributed by atoms with Crippen LogP contribution in [-0.2, 0) is 11.3 Å². The number of thiophene rings is 1. The first kappa shape index (κ1) is 12.8. The average molecular weight is 260 g/mol. The Labute approximate surface area is 111 Å². The van der Waals surface area contributed by atoms with Gasteiger partial charge in [0.2, 0.25) is 5.91 Å². The van der Waals surface area contributed by atoms with Gasteiger partial charge in [0.15, 0.2) is 0 Å². The molecule has 1 amide bonds. The molecule has 3 N–H and O–H groups in total. The lowest BCUT2D eigenvalue weighted by atomic mass is 10.1. The summed E-state index contributed by atoms with van der Waals surface area (Å²) in [4.78, 5) is 12.1. The van der Waals surface area contributed by atoms with Crippen molar-refractivity contribution in [2.75, 3.05) is 0 Å². The highest BCUT2D eigenvalue weighted by molar-refractivity contribution is 7.10. The monoisotopic (exact) mass is 260 g/mol. The third-order valence-corrected chi connectivity index (χ3v) is 3.71. The summed E-state index contributed by atoms with van der Waals surface area (Å²) < 4.78 is 0. The van der Waals surface area contributed by atoms with Crippen molar-refractivity contribution in [3.05, 3.63) is 46.7 Å². The van der Waals surface area contributed by atoms with Crippen LogP contribution >= 0.6 is 11.3 Å². The Hall–Kier alpha value is -1.65. The van der Waals surface area contributed by atoms with E-state index in [1.165, 1.54) is 16.0 Å². The summed E-state index contributed by atoms with van der Waals surface area (Å²) in [5.74, 6) is -0.324. The molecule has 0 aliphatic carbocycles. The molecule has 3 nitrogen and oxygen atoms in total. The van der Waals surface area contributed by atoms with Crippen LogP contribution in [0.4, 0.5) is 0 Å². The second kappa shape index (κ2) is 5.80. The Kier molecular flexibility index (Phi) is 4.12. The van der Waals surface area contributed by atoms with E-state index >= 15 is 0 Å². The highest BCUT2D eigenvalue weighted by Gasteiger charge is 2.08. The van der Waals surface area contributed by atoms with E-state index in [2.05, 4.69) is 28.9 Å². The van der Waals surface area contributed by atoms with Crippen LogP contribution in [0.1, 0.15) is 11.8 Å². The first-order valence-corrected chi connectivity index (χ1v) is 6.70. The van der Waals surface area contributed by atoms with Gasteiger partial charge in [-0.15, -0.1) is 11.3 Å². The molecule has 1 heterocycles. The standard InChI is InChI=1S/C14H16N2OS/c1-10(14(15)17)16-8-13-7-12(9-18-13)11-5-3-2-4-6-11/h2-7,9-10,16H,8H2,1H3,(H2,15,17). The molecule has 0 fully saturated rings. The SMILES string of the molecule is CC(NCc1cc(-c2ccccc2)cs1)C(N)=O. The Bertz CT molecular complexity index is 522. The molecule has 1 aromatic carbocycles. The fourth-order valence-electron chi connectivity index (χ4n) is 1.61. The summed E-state index contributed by atoms with van der Waals surface area (Å²) in [6.45, 7) is 2.44. The molecule has 2 aromatic rings. The number of nitrogens with two attached hydrogens (primary N) is 1. The summed E-state index contributed by atoms with van der Waals surface area (Å²) in [5, 5.41) is 5.23. The van der Waals surface area contributed by atoms with Crippen molar-refractivity contribution in [1.82, 2.24) is 5.32 Å². The molecule has 94 valence electrons. The first-order chi connectivity index (χ1) is 8.66. The van der Waals surface area contributed by atoms with Gasteiger partial charge in [-0.25, -0.2) is 0 Å². The third-order valence-electron chi connectivity index (χ3n) is 2.77. The molecular formula is C14H16N2OS. The minimum Gasteiger partial charge on any atom is -0.368 e. The molecule has 0 aliphatic heterocycles. The van der Waals surface area contributed by atoms with Gasteiger partial charge in [0, 0.05) is 11.4 Å². The number of benzene rings is 1. The van der Waals surface area contributed by atoms with E-state index in [0.29, 0.717) is 6.54 Å². The maximum atomic E-state index is 10.9. The van der Waals surface area contributed by atoms with Crippen LogP contribution in [0.25, 0.3) is 11.1 Å². The summed E-state index contributed by atoms with van der Waals surface area (Å²) in [6, 6.07) is 12.1. The van der Waals surface area contributed by atoms with Crippen molar-refractivity contribution in [2.24, 2.45) is 5.73 Å². The molecule has 0 bridgehead atoms. The molecule has 0 saturated heterocycles. The van der Waals surface area contributed by atoms with Crippen molar-refractivity contribution in [1.29, 1.82) is 0 Å². The minimum absolute atomic E-state index is 0.299. The number of hydrogen-bond donors (Lipinski definition) is 2. The van der Waals surface area contributed by atoms with Crippen LogP contribution < -0.4 is 11.1 Å². The lowest BCUT2D eigenvalue weighted by Gasteiger charge is -2.07. The van der Waals surface area contributed by atoms with E-state index in [1.807, 2.05) is 18.2 Å². The maximum Gasteiger partial charge on any atom is 0.234 e. The molecule has 0 saturated carbocycles. The second-order valence-corrected chi connectivity index (χ2v) is 5.17. The van der Waals surface area contributed by atoms with E-state index in [-0.39, 0.29) is 11.9 Å². The van der Waals surface area contributed by atoms with E-state index in [0.717, 1.165) is 0 Å². The molecule has 1 unspecified atom stereocenters. The van der Waals surface area contributed by atoms with Gasteiger partial charge < -0.3 is 11.1 Å². The minimum atomic E-state index is -0.324. The van der Waals surface area contributed by atoms with Crippen LogP contribution in [0.3, 0.4) is 0 Å². The highest BCUT2D eigenvalue weighted by Crippen LogP contribution is 2.25. The maximum absolute atomic E-state index is 10.9. The fraction of sp³-hybridized carbons (Fsp3) is 0.214. The number of carbonyl (C=O) groups excluding carboxylic acids is 1. The van der Waals surface area contributed by atoms with Crippen LogP contribution in [0.2, 0.25) is 0 Å². The Morgan fingerprint density at radius 3 is 2.72 bits per heavy atom. The average Bonchev–Trinajstić information content (AvgIpc) is 2.85. The van der Waals surface area contributed by atoms with Crippen LogP contribution in [0.5, 0.6) is 0 Å². The molecule has 1 aromatic heterocycles. The van der Waals surface area contributed by atoms with E-state index in [9.17, 15) is 4.79 Å². The zero-order valence-corrected chi connectivity index (χ0v) is 11.0. The lowest BCUT2D eigenvalue weighted by Crippen LogP contribution is -2.38. The molecular weight excluding hydrogens is 244 g/mol. The van der Waals surface area contributed by atoms with Gasteiger partial charge >= 0.3 is 0 Å². The molecule has 4 heteroatoms. The molecule has 0 aliphatic rings. The van der Waals surface area contributed by atoms with E-state index in [1.54, 1.807) is 18.3 Å². The van der Waals surface area contributed by atoms with Gasteiger partial charge in [0.1, 0.15) is 0 Å². The zero-order valence-electron chi connectivity index (χ0n) is 10.2. The van der Waals surface area contributed by atoms with Crippen molar-refractivity contribution >= 4 is 17.2 Å². The summed E-state index contributed by atoms with van der Waals surface area (Å²) in [6.07, 6.45) is 0. The van der Waals surface area contributed by atoms with Gasteiger partial charge in [0.25, 0.3) is 0 Å². The molecule has 0 radical (unpaired) electrons. The quantitative estimate of drug-likeness (QED) is 0.867. The largest absolute Gasteiger partial charge is 0.368 e. The molecule has 18 heavy (non-hydrogen) atoms. The van der Waals surface area contributed by atoms with Gasteiger partial charge in [-0.2, -0.15) is 0 Å². The zero-order chi connectivity index (χ0) is 13.0. The predicted molar refractivity (Wildman–Crippen MR) is 75.3 cm³/mol. The van der Waals surface area contributed by atoms with Gasteiger partial charge in [0.05, 0.1) is 6.04 Å². The third kappa shape index (κ3) is 3.18. The number of carbonyl (C=O) groups is 1. The van der Waals surface area contributed by atoms with Gasteiger partial charge in [-0.3, -0.25) is 4.79 Å². The molecule has 0 spiro atoms. The predicted octanol–water partition coefficient (Wildman–Crippen LogP) is 2.38. The summed E-state index contributed by atoms with van der Waals surface area (Å²) >= 11 is 1.68. The van der Waals surface area contributed by atoms with Crippen molar-refractivity contribution in [3.63, 3.8) is 0 Å². The van der Waals surface area contributed by atoms with Gasteiger partial charge in [-0.05, 0) is 29.5 Å².